The lowest BCUT2D eigenvalue weighted by molar-refractivity contribution is 0.102. The Hall–Kier alpha value is -2.56. The lowest BCUT2D eigenvalue weighted by Crippen LogP contribution is -2.14. The molecule has 0 aromatic heterocycles. The van der Waals surface area contributed by atoms with Crippen LogP contribution in [0.4, 0.5) is 10.1 Å². The van der Waals surface area contributed by atoms with Crippen LogP contribution in [-0.2, 0) is 0 Å². The number of carbonyl (C=O) groups is 1. The van der Waals surface area contributed by atoms with Gasteiger partial charge in [-0.05, 0) is 42.8 Å². The van der Waals surface area contributed by atoms with E-state index in [0.717, 1.165) is 5.56 Å². The maximum Gasteiger partial charge on any atom is 0.259 e. The first-order valence-corrected chi connectivity index (χ1v) is 6.34. The first kappa shape index (κ1) is 14.8. The van der Waals surface area contributed by atoms with Gasteiger partial charge in [-0.1, -0.05) is 6.07 Å². The third kappa shape index (κ3) is 3.31. The molecule has 0 saturated carbocycles. The molecule has 2 aromatic rings. The molecule has 5 heteroatoms. The molecule has 110 valence electrons. The maximum atomic E-state index is 13.3. The molecule has 0 aliphatic rings. The highest BCUT2D eigenvalue weighted by Crippen LogP contribution is 2.25. The van der Waals surface area contributed by atoms with Gasteiger partial charge in [0.15, 0.2) is 0 Å². The number of halogens is 1. The fourth-order valence-electron chi connectivity index (χ4n) is 1.91. The molecule has 0 atom stereocenters. The van der Waals surface area contributed by atoms with Crippen molar-refractivity contribution in [2.45, 2.75) is 6.92 Å². The number of ether oxygens (including phenoxy) is 2. The van der Waals surface area contributed by atoms with E-state index in [0.29, 0.717) is 22.7 Å². The van der Waals surface area contributed by atoms with Crippen molar-refractivity contribution in [1.29, 1.82) is 0 Å². The average Bonchev–Trinajstić information content (AvgIpc) is 2.50. The predicted molar refractivity (Wildman–Crippen MR) is 78.6 cm³/mol. The van der Waals surface area contributed by atoms with Gasteiger partial charge in [0.05, 0.1) is 19.8 Å². The van der Waals surface area contributed by atoms with Gasteiger partial charge in [-0.3, -0.25) is 4.79 Å². The van der Waals surface area contributed by atoms with Crippen molar-refractivity contribution >= 4 is 11.6 Å². The highest BCUT2D eigenvalue weighted by molar-refractivity contribution is 6.06. The van der Waals surface area contributed by atoms with Gasteiger partial charge in [-0.25, -0.2) is 4.39 Å². The first-order chi connectivity index (χ1) is 10.0. The summed E-state index contributed by atoms with van der Waals surface area (Å²) in [6, 6.07) is 9.14. The average molecular weight is 289 g/mol. The molecule has 2 rings (SSSR count). The van der Waals surface area contributed by atoms with E-state index in [2.05, 4.69) is 5.32 Å². The molecule has 0 heterocycles. The zero-order chi connectivity index (χ0) is 15.4. The Morgan fingerprint density at radius 2 is 1.86 bits per heavy atom. The number of rotatable bonds is 4. The van der Waals surface area contributed by atoms with Gasteiger partial charge in [0.1, 0.15) is 17.3 Å². The van der Waals surface area contributed by atoms with Gasteiger partial charge in [0.2, 0.25) is 0 Å². The number of amides is 1. The summed E-state index contributed by atoms with van der Waals surface area (Å²) in [5.41, 5.74) is 1.51. The number of benzene rings is 2. The number of aryl methyl sites for hydroxylation is 1. The van der Waals surface area contributed by atoms with Crippen LogP contribution in [0.1, 0.15) is 15.9 Å². The quantitative estimate of drug-likeness (QED) is 0.938. The van der Waals surface area contributed by atoms with Crippen LogP contribution in [-0.4, -0.2) is 20.1 Å². The minimum Gasteiger partial charge on any atom is -0.497 e. The summed E-state index contributed by atoms with van der Waals surface area (Å²) in [4.78, 5) is 12.4. The maximum absolute atomic E-state index is 13.3. The van der Waals surface area contributed by atoms with Crippen molar-refractivity contribution in [3.05, 3.63) is 53.3 Å². The highest BCUT2D eigenvalue weighted by Gasteiger charge is 2.15. The molecule has 4 nitrogen and oxygen atoms in total. The third-order valence-corrected chi connectivity index (χ3v) is 3.10. The second-order valence-corrected chi connectivity index (χ2v) is 4.48. The largest absolute Gasteiger partial charge is 0.497 e. The second kappa shape index (κ2) is 6.26. The number of carbonyl (C=O) groups excluding carboxylic acids is 1. The standard InChI is InChI=1S/C16H16FNO3/c1-10-4-5-11(17)8-14(10)18-16(19)13-9-12(20-2)6-7-15(13)21-3/h4-9H,1-3H3,(H,18,19). The lowest BCUT2D eigenvalue weighted by Gasteiger charge is -2.12. The molecule has 0 aliphatic carbocycles. The molecule has 0 saturated heterocycles. The van der Waals surface area contributed by atoms with Crippen molar-refractivity contribution in [2.75, 3.05) is 19.5 Å². The fourth-order valence-corrected chi connectivity index (χ4v) is 1.91. The zero-order valence-electron chi connectivity index (χ0n) is 12.1. The summed E-state index contributed by atoms with van der Waals surface area (Å²) in [5, 5.41) is 2.68. The lowest BCUT2D eigenvalue weighted by atomic mass is 10.1. The second-order valence-electron chi connectivity index (χ2n) is 4.48. The Morgan fingerprint density at radius 1 is 1.10 bits per heavy atom. The van der Waals surface area contributed by atoms with Crippen molar-refractivity contribution in [2.24, 2.45) is 0 Å². The molecule has 0 bridgehead atoms. The van der Waals surface area contributed by atoms with Crippen LogP contribution in [0.5, 0.6) is 11.5 Å². The van der Waals surface area contributed by atoms with Crippen LogP contribution in [0.15, 0.2) is 36.4 Å². The topological polar surface area (TPSA) is 47.6 Å². The van der Waals surface area contributed by atoms with Gasteiger partial charge >= 0.3 is 0 Å². The Balaban J connectivity index is 2.33. The summed E-state index contributed by atoms with van der Waals surface area (Å²) >= 11 is 0. The van der Waals surface area contributed by atoms with Gasteiger partial charge in [-0.2, -0.15) is 0 Å². The molecule has 21 heavy (non-hydrogen) atoms. The molecule has 2 aromatic carbocycles. The molecule has 0 fully saturated rings. The van der Waals surface area contributed by atoms with E-state index in [9.17, 15) is 9.18 Å². The molecule has 0 radical (unpaired) electrons. The summed E-state index contributed by atoms with van der Waals surface area (Å²) in [6.45, 7) is 1.79. The summed E-state index contributed by atoms with van der Waals surface area (Å²) < 4.78 is 23.5. The monoisotopic (exact) mass is 289 g/mol. The molecular formula is C16H16FNO3. The predicted octanol–water partition coefficient (Wildman–Crippen LogP) is 3.40. The minimum atomic E-state index is -0.409. The Kier molecular flexibility index (Phi) is 4.42. The van der Waals surface area contributed by atoms with Gasteiger partial charge in [0, 0.05) is 5.69 Å². The number of hydrogen-bond donors (Lipinski definition) is 1. The SMILES string of the molecule is COc1ccc(OC)c(C(=O)Nc2cc(F)ccc2C)c1. The van der Waals surface area contributed by atoms with Gasteiger partial charge in [0.25, 0.3) is 5.91 Å². The van der Waals surface area contributed by atoms with Crippen LogP contribution >= 0.6 is 0 Å². The number of anilines is 1. The summed E-state index contributed by atoms with van der Waals surface area (Å²) in [7, 11) is 2.99. The Bertz CT molecular complexity index is 671. The van der Waals surface area contributed by atoms with E-state index in [1.165, 1.54) is 26.4 Å². The fraction of sp³-hybridized carbons (Fsp3) is 0.188. The van der Waals surface area contributed by atoms with E-state index in [4.69, 9.17) is 9.47 Å². The van der Waals surface area contributed by atoms with Crippen molar-refractivity contribution in [3.8, 4) is 11.5 Å². The van der Waals surface area contributed by atoms with Crippen LogP contribution in [0.2, 0.25) is 0 Å². The molecule has 1 N–H and O–H groups in total. The zero-order valence-corrected chi connectivity index (χ0v) is 12.1. The molecule has 1 amide bonds. The Labute approximate surface area is 122 Å². The van der Waals surface area contributed by atoms with E-state index >= 15 is 0 Å². The molecule has 0 aliphatic heterocycles. The van der Waals surface area contributed by atoms with E-state index in [-0.39, 0.29) is 5.91 Å². The van der Waals surface area contributed by atoms with E-state index in [1.54, 1.807) is 31.2 Å². The number of hydrogen-bond acceptors (Lipinski definition) is 3. The smallest absolute Gasteiger partial charge is 0.259 e. The summed E-state index contributed by atoms with van der Waals surface area (Å²) in [5.74, 6) is 0.159. The highest BCUT2D eigenvalue weighted by atomic mass is 19.1. The normalized spacial score (nSPS) is 10.1. The summed E-state index contributed by atoms with van der Waals surface area (Å²) in [6.07, 6.45) is 0. The number of nitrogens with one attached hydrogen (secondary N) is 1. The van der Waals surface area contributed by atoms with Gasteiger partial charge < -0.3 is 14.8 Å². The van der Waals surface area contributed by atoms with Crippen molar-refractivity contribution in [1.82, 2.24) is 0 Å². The Morgan fingerprint density at radius 3 is 2.52 bits per heavy atom. The molecule has 0 spiro atoms. The van der Waals surface area contributed by atoms with E-state index in [1.807, 2.05) is 0 Å². The van der Waals surface area contributed by atoms with Crippen LogP contribution in [0.3, 0.4) is 0 Å². The molecule has 0 unspecified atom stereocenters. The van der Waals surface area contributed by atoms with Crippen LogP contribution in [0, 0.1) is 12.7 Å². The van der Waals surface area contributed by atoms with Crippen LogP contribution in [0.25, 0.3) is 0 Å². The minimum absolute atomic E-state index is 0.320. The van der Waals surface area contributed by atoms with Gasteiger partial charge in [-0.15, -0.1) is 0 Å². The van der Waals surface area contributed by atoms with Crippen LogP contribution < -0.4 is 14.8 Å². The first-order valence-electron chi connectivity index (χ1n) is 6.34. The van der Waals surface area contributed by atoms with Crippen molar-refractivity contribution in [3.63, 3.8) is 0 Å². The van der Waals surface area contributed by atoms with Crippen molar-refractivity contribution < 1.29 is 18.7 Å². The molecular weight excluding hydrogens is 273 g/mol. The van der Waals surface area contributed by atoms with E-state index < -0.39 is 5.82 Å². The number of methoxy groups -OCH3 is 2. The third-order valence-electron chi connectivity index (χ3n) is 3.10.